The highest BCUT2D eigenvalue weighted by molar-refractivity contribution is 5.94. The van der Waals surface area contributed by atoms with Gasteiger partial charge >= 0.3 is 17.6 Å². The van der Waals surface area contributed by atoms with Gasteiger partial charge in [-0.1, -0.05) is 63.5 Å². The number of esters is 2. The van der Waals surface area contributed by atoms with Crippen LogP contribution in [-0.4, -0.2) is 86.0 Å². The number of nitrogens with zero attached hydrogens (tertiary/aromatic N) is 2. The molecule has 0 bridgehead atoms. The van der Waals surface area contributed by atoms with Crippen LogP contribution in [0.3, 0.4) is 0 Å². The number of aromatic nitrogens is 2. The zero-order chi connectivity index (χ0) is 34.5. The minimum absolute atomic E-state index is 0.0154. The summed E-state index contributed by atoms with van der Waals surface area (Å²) in [5.41, 5.74) is -0.658. The summed E-state index contributed by atoms with van der Waals surface area (Å²) in [4.78, 5) is 54.6. The van der Waals surface area contributed by atoms with Gasteiger partial charge < -0.3 is 40.0 Å². The number of unbranched alkanes of at least 4 members (excludes halogenated alkanes) is 7. The lowest BCUT2D eigenvalue weighted by Crippen LogP contribution is -2.38. The predicted octanol–water partition coefficient (Wildman–Crippen LogP) is 2.83. The van der Waals surface area contributed by atoms with E-state index in [-0.39, 0.29) is 23.7 Å². The number of anilines is 1. The molecule has 0 spiro atoms. The Kier molecular flexibility index (Phi) is 14.4. The molecule has 1 aliphatic heterocycles. The molecule has 6 atom stereocenters. The van der Waals surface area contributed by atoms with Crippen molar-refractivity contribution < 1.29 is 49.0 Å². The van der Waals surface area contributed by atoms with Crippen LogP contribution in [-0.2, 0) is 23.8 Å². The Labute approximate surface area is 279 Å². The van der Waals surface area contributed by atoms with E-state index in [9.17, 15) is 39.6 Å². The van der Waals surface area contributed by atoms with Crippen molar-refractivity contribution in [2.45, 2.75) is 102 Å². The largest absolute Gasteiger partial charge is 0.507 e. The van der Waals surface area contributed by atoms with E-state index in [1.807, 2.05) is 0 Å². The third-order valence-electron chi connectivity index (χ3n) is 8.92. The van der Waals surface area contributed by atoms with Gasteiger partial charge in [0.2, 0.25) is 5.91 Å². The molecule has 4 rings (SSSR count). The van der Waals surface area contributed by atoms with E-state index < -0.39 is 66.5 Å². The zero-order valence-corrected chi connectivity index (χ0v) is 27.1. The summed E-state index contributed by atoms with van der Waals surface area (Å²) in [6.45, 7) is 0.0607. The van der Waals surface area contributed by atoms with E-state index in [1.54, 1.807) is 12.1 Å². The molecular formula is C34H47N3O11. The molecule has 2 unspecified atom stereocenters. The van der Waals surface area contributed by atoms with Gasteiger partial charge in [-0.25, -0.2) is 9.59 Å². The number of ether oxygens (including phenoxy) is 3. The second-order valence-electron chi connectivity index (χ2n) is 12.4. The Hall–Kier alpha value is -3.85. The maximum absolute atomic E-state index is 13.1. The Morgan fingerprint density at radius 2 is 1.50 bits per heavy atom. The summed E-state index contributed by atoms with van der Waals surface area (Å²) in [6, 6.07) is 7.66. The number of aromatic hydroxyl groups is 1. The summed E-state index contributed by atoms with van der Waals surface area (Å²) >= 11 is 0. The number of hydrogen-bond donors (Lipinski definition) is 5. The number of phenols is 1. The van der Waals surface area contributed by atoms with E-state index >= 15 is 0 Å². The van der Waals surface area contributed by atoms with Crippen molar-refractivity contribution in [2.24, 2.45) is 11.8 Å². The number of nitrogens with one attached hydrogen (secondary N) is 1. The third-order valence-corrected chi connectivity index (χ3v) is 8.92. The quantitative estimate of drug-likeness (QED) is 0.121. The molecule has 1 saturated carbocycles. The zero-order valence-electron chi connectivity index (χ0n) is 27.1. The lowest BCUT2D eigenvalue weighted by atomic mass is 9.78. The maximum atomic E-state index is 13.1. The average molecular weight is 674 g/mol. The van der Waals surface area contributed by atoms with Gasteiger partial charge in [0.25, 0.3) is 0 Å². The fourth-order valence-corrected chi connectivity index (χ4v) is 6.17. The van der Waals surface area contributed by atoms with Crippen LogP contribution < -0.4 is 11.0 Å². The molecule has 48 heavy (non-hydrogen) atoms. The summed E-state index contributed by atoms with van der Waals surface area (Å²) < 4.78 is 17.1. The molecule has 1 aliphatic carbocycles. The Bertz CT molecular complexity index is 1420. The number of carbonyl (C=O) groups excluding carboxylic acids is 3. The molecule has 2 fully saturated rings. The highest BCUT2D eigenvalue weighted by atomic mass is 16.6. The van der Waals surface area contributed by atoms with Crippen molar-refractivity contribution >= 4 is 23.7 Å². The molecule has 1 saturated heterocycles. The fraction of sp³-hybridized carbons (Fsp3) is 0.618. The van der Waals surface area contributed by atoms with Gasteiger partial charge in [-0.3, -0.25) is 14.2 Å². The molecule has 5 N–H and O–H groups in total. The first-order valence-electron chi connectivity index (χ1n) is 16.9. The maximum Gasteiger partial charge on any atom is 0.351 e. The molecular weight excluding hydrogens is 626 g/mol. The number of phenolic OH excluding ortho intramolecular Hbond substituents is 1. The normalized spacial score (nSPS) is 23.8. The Morgan fingerprint density at radius 3 is 2.12 bits per heavy atom. The highest BCUT2D eigenvalue weighted by Gasteiger charge is 2.44. The molecule has 14 nitrogen and oxygen atoms in total. The number of para-hydroxylation sites is 1. The summed E-state index contributed by atoms with van der Waals surface area (Å²) in [5.74, 6) is -2.66. The average Bonchev–Trinajstić information content (AvgIpc) is 3.37. The number of hydrogen-bond acceptors (Lipinski definition) is 12. The Balaban J connectivity index is 1.09. The molecule has 264 valence electrons. The third kappa shape index (κ3) is 10.1. The number of benzene rings is 1. The number of rotatable bonds is 17. The lowest BCUT2D eigenvalue weighted by molar-refractivity contribution is -0.154. The summed E-state index contributed by atoms with van der Waals surface area (Å²) in [6.07, 6.45) is 6.27. The molecule has 1 aromatic heterocycles. The van der Waals surface area contributed by atoms with Crippen LogP contribution in [0.15, 0.2) is 41.3 Å². The van der Waals surface area contributed by atoms with Gasteiger partial charge in [0.05, 0.1) is 31.7 Å². The highest BCUT2D eigenvalue weighted by Crippen LogP contribution is 2.32. The van der Waals surface area contributed by atoms with Crippen LogP contribution in [0, 0.1) is 11.8 Å². The van der Waals surface area contributed by atoms with E-state index in [0.29, 0.717) is 19.4 Å². The number of amides is 1. The standard InChI is InChI=1S/C34H47N3O11/c38-21-26-28(40)29(41)31(48-26)37-18-17-27(36-34(37)45)35-30(42)22-13-7-8-14-23(22)32(43)46-19-11-5-3-1-2-4-6-12-20-47-33(44)24-15-9-10-16-25(24)39/h9-10,15-18,22-23,26,28-29,31,38-41H,1-8,11-14,19-21H2,(H,35,36,42,45)/t22?,23?,26-,28-,29+,31-/m1/s1. The van der Waals surface area contributed by atoms with Crippen LogP contribution in [0.25, 0.3) is 0 Å². The minimum Gasteiger partial charge on any atom is -0.507 e. The van der Waals surface area contributed by atoms with Crippen molar-refractivity contribution in [3.8, 4) is 5.75 Å². The first-order valence-corrected chi connectivity index (χ1v) is 16.9. The number of aliphatic hydroxyl groups is 3. The molecule has 14 heteroatoms. The van der Waals surface area contributed by atoms with Crippen molar-refractivity contribution in [3.05, 3.63) is 52.6 Å². The van der Waals surface area contributed by atoms with Crippen LogP contribution in [0.2, 0.25) is 0 Å². The van der Waals surface area contributed by atoms with Crippen molar-refractivity contribution in [2.75, 3.05) is 25.1 Å². The van der Waals surface area contributed by atoms with Crippen LogP contribution in [0.1, 0.15) is 93.6 Å². The summed E-state index contributed by atoms with van der Waals surface area (Å²) in [7, 11) is 0. The second kappa shape index (κ2) is 18.6. The van der Waals surface area contributed by atoms with Gasteiger partial charge in [-0.05, 0) is 43.9 Å². The smallest absolute Gasteiger partial charge is 0.351 e. The van der Waals surface area contributed by atoms with Crippen molar-refractivity contribution in [3.63, 3.8) is 0 Å². The molecule has 2 aliphatic rings. The minimum atomic E-state index is -1.45. The van der Waals surface area contributed by atoms with Crippen LogP contribution >= 0.6 is 0 Å². The first kappa shape index (κ1) is 37.0. The van der Waals surface area contributed by atoms with Gasteiger partial charge in [0.1, 0.15) is 35.4 Å². The molecule has 1 aromatic carbocycles. The fourth-order valence-electron chi connectivity index (χ4n) is 6.17. The first-order chi connectivity index (χ1) is 23.2. The number of carbonyl (C=O) groups is 3. The topological polar surface area (TPSA) is 207 Å². The SMILES string of the molecule is O=C(OCCCCCCCCCCOC(=O)C1CCCCC1C(=O)Nc1ccn([C@@H]2O[C@H](CO)[C@@H](O)[C@@H]2O)c(=O)n1)c1ccccc1O. The Morgan fingerprint density at radius 1 is 0.875 bits per heavy atom. The predicted molar refractivity (Wildman–Crippen MR) is 172 cm³/mol. The van der Waals surface area contributed by atoms with E-state index in [1.165, 1.54) is 24.4 Å². The lowest BCUT2D eigenvalue weighted by Gasteiger charge is -2.28. The van der Waals surface area contributed by atoms with E-state index in [0.717, 1.165) is 68.8 Å². The number of aliphatic hydroxyl groups excluding tert-OH is 3. The van der Waals surface area contributed by atoms with E-state index in [2.05, 4.69) is 10.3 Å². The van der Waals surface area contributed by atoms with Crippen molar-refractivity contribution in [1.29, 1.82) is 0 Å². The van der Waals surface area contributed by atoms with Crippen LogP contribution in [0.4, 0.5) is 5.82 Å². The molecule has 2 aromatic rings. The second-order valence-corrected chi connectivity index (χ2v) is 12.4. The van der Waals surface area contributed by atoms with Gasteiger partial charge in [-0.2, -0.15) is 4.98 Å². The van der Waals surface area contributed by atoms with Gasteiger partial charge in [0, 0.05) is 6.20 Å². The van der Waals surface area contributed by atoms with Gasteiger partial charge in [0.15, 0.2) is 6.23 Å². The van der Waals surface area contributed by atoms with Crippen LogP contribution in [0.5, 0.6) is 5.75 Å². The molecule has 1 amide bonds. The monoisotopic (exact) mass is 673 g/mol. The molecule has 2 heterocycles. The van der Waals surface area contributed by atoms with Crippen molar-refractivity contribution in [1.82, 2.24) is 9.55 Å². The van der Waals surface area contributed by atoms with Gasteiger partial charge in [-0.15, -0.1) is 0 Å². The molecule has 0 radical (unpaired) electrons. The summed E-state index contributed by atoms with van der Waals surface area (Å²) in [5, 5.41) is 41.8. The van der Waals surface area contributed by atoms with E-state index in [4.69, 9.17) is 14.2 Å².